The van der Waals surface area contributed by atoms with Crippen LogP contribution < -0.4 is 5.56 Å². The van der Waals surface area contributed by atoms with Crippen LogP contribution in [0.25, 0.3) is 0 Å². The summed E-state index contributed by atoms with van der Waals surface area (Å²) in [4.78, 5) is 34.0. The molecular weight excluding hydrogens is 321 g/mol. The largest absolute Gasteiger partial charge is 0.465 e. The molecule has 8 nitrogen and oxygen atoms in total. The van der Waals surface area contributed by atoms with E-state index in [1.165, 1.54) is 6.07 Å². The summed E-state index contributed by atoms with van der Waals surface area (Å²) in [5.41, 5.74) is -1.52. The number of nitriles is 1. The van der Waals surface area contributed by atoms with E-state index in [1.54, 1.807) is 6.07 Å². The zero-order valence-electron chi connectivity index (χ0n) is 12.4. The predicted molar refractivity (Wildman–Crippen MR) is 78.9 cm³/mol. The molecule has 0 saturated carbocycles. The van der Waals surface area contributed by atoms with Crippen LogP contribution in [-0.4, -0.2) is 22.6 Å². The van der Waals surface area contributed by atoms with Crippen LogP contribution in [0.1, 0.15) is 21.5 Å². The van der Waals surface area contributed by atoms with E-state index < -0.39 is 33.5 Å². The molecule has 0 N–H and O–H groups in total. The minimum absolute atomic E-state index is 0.116. The van der Waals surface area contributed by atoms with E-state index >= 15 is 0 Å². The number of carbonyl (C=O) groups is 1. The zero-order chi connectivity index (χ0) is 17.9. The molecule has 24 heavy (non-hydrogen) atoms. The maximum Gasteiger partial charge on any atom is 0.338 e. The van der Waals surface area contributed by atoms with Crippen LogP contribution in [0.15, 0.2) is 35.3 Å². The minimum Gasteiger partial charge on any atom is -0.465 e. The van der Waals surface area contributed by atoms with Crippen LogP contribution in [0, 0.1) is 27.3 Å². The number of hydrogen-bond donors (Lipinski definition) is 0. The summed E-state index contributed by atoms with van der Waals surface area (Å²) in [5.74, 6) is -1.49. The second-order valence-electron chi connectivity index (χ2n) is 4.71. The SMILES string of the molecule is COC(=O)c1cc(F)ccc1Cn1cc([N+](=O)[O-])cc(C#N)c1=O. The average molecular weight is 331 g/mol. The summed E-state index contributed by atoms with van der Waals surface area (Å²) >= 11 is 0. The zero-order valence-corrected chi connectivity index (χ0v) is 12.4. The number of methoxy groups -OCH3 is 1. The Balaban J connectivity index is 2.59. The number of aromatic nitrogens is 1. The number of carbonyl (C=O) groups excluding carboxylic acids is 1. The fraction of sp³-hybridized carbons (Fsp3) is 0.133. The highest BCUT2D eigenvalue weighted by Gasteiger charge is 2.17. The van der Waals surface area contributed by atoms with Gasteiger partial charge in [0.2, 0.25) is 0 Å². The molecule has 0 bridgehead atoms. The topological polar surface area (TPSA) is 115 Å². The van der Waals surface area contributed by atoms with Gasteiger partial charge in [0.05, 0.1) is 30.3 Å². The first kappa shape index (κ1) is 16.8. The lowest BCUT2D eigenvalue weighted by Crippen LogP contribution is -2.24. The lowest BCUT2D eigenvalue weighted by atomic mass is 10.1. The molecular formula is C15H10FN3O5. The van der Waals surface area contributed by atoms with Crippen molar-refractivity contribution < 1.29 is 18.8 Å². The van der Waals surface area contributed by atoms with Crippen LogP contribution in [0.2, 0.25) is 0 Å². The molecule has 0 aliphatic carbocycles. The summed E-state index contributed by atoms with van der Waals surface area (Å²) in [5, 5.41) is 19.8. The first-order chi connectivity index (χ1) is 11.4. The van der Waals surface area contributed by atoms with E-state index in [0.717, 1.165) is 36.1 Å². The van der Waals surface area contributed by atoms with Gasteiger partial charge in [-0.1, -0.05) is 6.07 Å². The molecule has 2 rings (SSSR count). The predicted octanol–water partition coefficient (Wildman–Crippen LogP) is 1.60. The number of benzene rings is 1. The molecule has 0 amide bonds. The number of hydrogen-bond acceptors (Lipinski definition) is 6. The summed E-state index contributed by atoms with van der Waals surface area (Å²) in [7, 11) is 1.12. The van der Waals surface area contributed by atoms with Gasteiger partial charge in [0, 0.05) is 6.07 Å². The van der Waals surface area contributed by atoms with Gasteiger partial charge in [-0.15, -0.1) is 0 Å². The van der Waals surface area contributed by atoms with Gasteiger partial charge in [-0.3, -0.25) is 14.9 Å². The Labute approximate surface area is 134 Å². The fourth-order valence-corrected chi connectivity index (χ4v) is 2.09. The molecule has 0 atom stereocenters. The highest BCUT2D eigenvalue weighted by Crippen LogP contribution is 2.16. The molecule has 0 spiro atoms. The molecule has 122 valence electrons. The van der Waals surface area contributed by atoms with E-state index in [0.29, 0.717) is 0 Å². The lowest BCUT2D eigenvalue weighted by Gasteiger charge is -2.10. The minimum atomic E-state index is -0.816. The highest BCUT2D eigenvalue weighted by atomic mass is 19.1. The molecule has 1 heterocycles. The third kappa shape index (κ3) is 3.27. The second kappa shape index (κ2) is 6.70. The Bertz CT molecular complexity index is 930. The number of esters is 1. The quantitative estimate of drug-likeness (QED) is 0.477. The Morgan fingerprint density at radius 1 is 1.46 bits per heavy atom. The van der Waals surface area contributed by atoms with Crippen LogP contribution in [0.4, 0.5) is 10.1 Å². The molecule has 0 aliphatic heterocycles. The fourth-order valence-electron chi connectivity index (χ4n) is 2.09. The van der Waals surface area contributed by atoms with Crippen LogP contribution in [0.5, 0.6) is 0 Å². The Morgan fingerprint density at radius 3 is 2.75 bits per heavy atom. The number of halogens is 1. The Morgan fingerprint density at radius 2 is 2.17 bits per heavy atom. The number of nitro groups is 1. The average Bonchev–Trinajstić information content (AvgIpc) is 2.57. The molecule has 2 aromatic rings. The van der Waals surface area contributed by atoms with Crippen molar-refractivity contribution in [3.63, 3.8) is 0 Å². The van der Waals surface area contributed by atoms with Gasteiger partial charge >= 0.3 is 5.97 Å². The first-order valence-corrected chi connectivity index (χ1v) is 6.53. The van der Waals surface area contributed by atoms with Crippen molar-refractivity contribution in [2.75, 3.05) is 7.11 Å². The van der Waals surface area contributed by atoms with Gasteiger partial charge < -0.3 is 9.30 Å². The van der Waals surface area contributed by atoms with Gasteiger partial charge in [0.1, 0.15) is 17.4 Å². The Hall–Kier alpha value is -3.54. The van der Waals surface area contributed by atoms with E-state index in [1.807, 2.05) is 0 Å². The van der Waals surface area contributed by atoms with Crippen molar-refractivity contribution in [1.82, 2.24) is 4.57 Å². The van der Waals surface area contributed by atoms with E-state index in [-0.39, 0.29) is 17.7 Å². The molecule has 0 saturated heterocycles. The lowest BCUT2D eigenvalue weighted by molar-refractivity contribution is -0.385. The molecule has 0 aliphatic rings. The first-order valence-electron chi connectivity index (χ1n) is 6.53. The summed E-state index contributed by atoms with van der Waals surface area (Å²) in [6.07, 6.45) is 0.952. The molecule has 9 heteroatoms. The van der Waals surface area contributed by atoms with Gasteiger partial charge in [-0.2, -0.15) is 5.26 Å². The maximum atomic E-state index is 13.3. The molecule has 1 aromatic carbocycles. The summed E-state index contributed by atoms with van der Waals surface area (Å²) in [6.45, 7) is -0.264. The van der Waals surface area contributed by atoms with Crippen molar-refractivity contribution in [2.45, 2.75) is 6.54 Å². The second-order valence-corrected chi connectivity index (χ2v) is 4.71. The molecule has 1 aromatic heterocycles. The van der Waals surface area contributed by atoms with Gasteiger partial charge in [0.15, 0.2) is 0 Å². The van der Waals surface area contributed by atoms with E-state index in [4.69, 9.17) is 5.26 Å². The molecule has 0 unspecified atom stereocenters. The number of nitrogens with zero attached hydrogens (tertiary/aromatic N) is 3. The van der Waals surface area contributed by atoms with Crippen molar-refractivity contribution in [2.24, 2.45) is 0 Å². The van der Waals surface area contributed by atoms with Crippen LogP contribution >= 0.6 is 0 Å². The monoisotopic (exact) mass is 331 g/mol. The van der Waals surface area contributed by atoms with Crippen LogP contribution in [-0.2, 0) is 11.3 Å². The van der Waals surface area contributed by atoms with Gasteiger partial charge in [-0.05, 0) is 17.7 Å². The normalized spacial score (nSPS) is 10.0. The van der Waals surface area contributed by atoms with E-state index in [9.17, 15) is 24.1 Å². The number of pyridine rings is 1. The Kier molecular flexibility index (Phi) is 4.70. The number of rotatable bonds is 4. The summed E-state index contributed by atoms with van der Waals surface area (Å²) < 4.78 is 18.8. The van der Waals surface area contributed by atoms with E-state index in [2.05, 4.69) is 4.74 Å². The van der Waals surface area contributed by atoms with Gasteiger partial charge in [0.25, 0.3) is 11.2 Å². The van der Waals surface area contributed by atoms with Gasteiger partial charge in [-0.25, -0.2) is 9.18 Å². The third-order valence-corrected chi connectivity index (χ3v) is 3.22. The van der Waals surface area contributed by atoms with Crippen molar-refractivity contribution >= 4 is 11.7 Å². The third-order valence-electron chi connectivity index (χ3n) is 3.22. The standard InChI is InChI=1S/C15H10FN3O5/c1-24-15(21)13-5-11(16)3-2-9(13)7-18-8-12(19(22)23)4-10(6-17)14(18)20/h2-5,8H,7H2,1H3. The van der Waals surface area contributed by atoms with Crippen molar-refractivity contribution in [1.29, 1.82) is 5.26 Å². The summed E-state index contributed by atoms with van der Waals surface area (Å²) in [6, 6.07) is 5.73. The highest BCUT2D eigenvalue weighted by molar-refractivity contribution is 5.91. The van der Waals surface area contributed by atoms with Crippen LogP contribution in [0.3, 0.4) is 0 Å². The van der Waals surface area contributed by atoms with Crippen molar-refractivity contribution in [3.05, 3.63) is 73.4 Å². The molecule has 0 fully saturated rings. The maximum absolute atomic E-state index is 13.3. The smallest absolute Gasteiger partial charge is 0.338 e. The van der Waals surface area contributed by atoms with Crippen molar-refractivity contribution in [3.8, 4) is 6.07 Å². The molecule has 0 radical (unpaired) electrons. The number of ether oxygens (including phenoxy) is 1.